The van der Waals surface area contributed by atoms with E-state index >= 15 is 0 Å². The van der Waals surface area contributed by atoms with Crippen molar-refractivity contribution >= 4 is 17.7 Å². The molecule has 1 amide bonds. The lowest BCUT2D eigenvalue weighted by molar-refractivity contribution is 0.0771. The Labute approximate surface area is 99.5 Å². The van der Waals surface area contributed by atoms with E-state index in [4.69, 9.17) is 0 Å². The zero-order valence-electron chi connectivity index (χ0n) is 9.27. The molecule has 1 aliphatic rings. The highest BCUT2D eigenvalue weighted by Gasteiger charge is 2.19. The molecule has 86 valence electrons. The van der Waals surface area contributed by atoms with Crippen LogP contribution in [0.25, 0.3) is 0 Å². The number of aryl methyl sites for hydroxylation is 1. The second-order valence-electron chi connectivity index (χ2n) is 3.90. The van der Waals surface area contributed by atoms with E-state index < -0.39 is 0 Å². The van der Waals surface area contributed by atoms with Crippen molar-refractivity contribution in [3.63, 3.8) is 0 Å². The molecule has 0 bridgehead atoms. The Morgan fingerprint density at radius 2 is 2.06 bits per heavy atom. The molecule has 1 heterocycles. The zero-order chi connectivity index (χ0) is 11.5. The van der Waals surface area contributed by atoms with Gasteiger partial charge >= 0.3 is 0 Å². The molecular weight excluding hydrogens is 222 g/mol. The molecule has 1 fully saturated rings. The number of amides is 1. The van der Waals surface area contributed by atoms with Gasteiger partial charge in [-0.3, -0.25) is 4.79 Å². The second-order valence-corrected chi connectivity index (χ2v) is 5.13. The third kappa shape index (κ3) is 2.32. The first-order valence-corrected chi connectivity index (χ1v) is 6.50. The van der Waals surface area contributed by atoms with E-state index in [0.29, 0.717) is 5.56 Å². The maximum Gasteiger partial charge on any atom is 0.254 e. The Morgan fingerprint density at radius 3 is 2.69 bits per heavy atom. The molecule has 0 atom stereocenters. The van der Waals surface area contributed by atoms with Gasteiger partial charge in [0.25, 0.3) is 5.91 Å². The van der Waals surface area contributed by atoms with Crippen molar-refractivity contribution in [3.8, 4) is 5.75 Å². The van der Waals surface area contributed by atoms with Crippen molar-refractivity contribution in [1.29, 1.82) is 0 Å². The van der Waals surface area contributed by atoms with Crippen LogP contribution < -0.4 is 0 Å². The molecule has 0 aliphatic carbocycles. The molecular formula is C12H15NO2S. The van der Waals surface area contributed by atoms with Crippen molar-refractivity contribution in [2.75, 3.05) is 24.6 Å². The standard InChI is InChI=1S/C12H15NO2S/c1-9-8-10(14)2-3-11(9)12(15)13-4-6-16-7-5-13/h2-3,8,14H,4-7H2,1H3. The van der Waals surface area contributed by atoms with Crippen molar-refractivity contribution in [1.82, 2.24) is 4.90 Å². The van der Waals surface area contributed by atoms with Crippen molar-refractivity contribution in [2.45, 2.75) is 6.92 Å². The Morgan fingerprint density at radius 1 is 1.38 bits per heavy atom. The molecule has 1 aliphatic heterocycles. The molecule has 2 rings (SSSR count). The lowest BCUT2D eigenvalue weighted by Gasteiger charge is -2.27. The first-order valence-electron chi connectivity index (χ1n) is 5.35. The van der Waals surface area contributed by atoms with Gasteiger partial charge in [0, 0.05) is 30.2 Å². The van der Waals surface area contributed by atoms with Gasteiger partial charge in [0.05, 0.1) is 0 Å². The molecule has 0 unspecified atom stereocenters. The average Bonchev–Trinajstić information content (AvgIpc) is 2.29. The number of phenols is 1. The Kier molecular flexibility index (Phi) is 3.39. The van der Waals surface area contributed by atoms with Gasteiger partial charge in [0.15, 0.2) is 0 Å². The molecule has 3 nitrogen and oxygen atoms in total. The molecule has 0 aromatic heterocycles. The summed E-state index contributed by atoms with van der Waals surface area (Å²) >= 11 is 1.88. The van der Waals surface area contributed by atoms with E-state index in [9.17, 15) is 9.90 Å². The fraction of sp³-hybridized carbons (Fsp3) is 0.417. The van der Waals surface area contributed by atoms with Crippen LogP contribution in [-0.4, -0.2) is 40.5 Å². The van der Waals surface area contributed by atoms with Crippen LogP contribution in [0.15, 0.2) is 18.2 Å². The van der Waals surface area contributed by atoms with Crippen molar-refractivity contribution < 1.29 is 9.90 Å². The molecule has 1 aromatic rings. The number of nitrogens with zero attached hydrogens (tertiary/aromatic N) is 1. The third-order valence-electron chi connectivity index (χ3n) is 2.74. The summed E-state index contributed by atoms with van der Waals surface area (Å²) in [5.74, 6) is 2.33. The number of hydrogen-bond donors (Lipinski definition) is 1. The minimum absolute atomic E-state index is 0.0813. The summed E-state index contributed by atoms with van der Waals surface area (Å²) in [6, 6.07) is 4.90. The maximum absolute atomic E-state index is 12.2. The average molecular weight is 237 g/mol. The van der Waals surface area contributed by atoms with Crippen LogP contribution in [0, 0.1) is 6.92 Å². The highest BCUT2D eigenvalue weighted by Crippen LogP contribution is 2.19. The van der Waals surface area contributed by atoms with E-state index in [1.165, 1.54) is 0 Å². The van der Waals surface area contributed by atoms with E-state index in [1.54, 1.807) is 18.2 Å². The van der Waals surface area contributed by atoms with Crippen molar-refractivity contribution in [3.05, 3.63) is 29.3 Å². The Hall–Kier alpha value is -1.16. The lowest BCUT2D eigenvalue weighted by atomic mass is 10.1. The Balaban J connectivity index is 2.19. The van der Waals surface area contributed by atoms with E-state index in [1.807, 2.05) is 23.6 Å². The summed E-state index contributed by atoms with van der Waals surface area (Å²) in [6.45, 7) is 3.50. The molecule has 1 aromatic carbocycles. The number of carbonyl (C=O) groups excluding carboxylic acids is 1. The first kappa shape index (κ1) is 11.3. The van der Waals surface area contributed by atoms with Crippen LogP contribution in [0.2, 0.25) is 0 Å². The molecule has 0 spiro atoms. The number of aromatic hydroxyl groups is 1. The highest BCUT2D eigenvalue weighted by molar-refractivity contribution is 7.99. The summed E-state index contributed by atoms with van der Waals surface area (Å²) in [7, 11) is 0. The van der Waals surface area contributed by atoms with E-state index in [-0.39, 0.29) is 11.7 Å². The van der Waals surface area contributed by atoms with Crippen molar-refractivity contribution in [2.24, 2.45) is 0 Å². The summed E-state index contributed by atoms with van der Waals surface area (Å²) < 4.78 is 0. The third-order valence-corrected chi connectivity index (χ3v) is 3.68. The number of carbonyl (C=O) groups is 1. The fourth-order valence-corrected chi connectivity index (χ4v) is 2.73. The summed E-state index contributed by atoms with van der Waals surface area (Å²) in [4.78, 5) is 14.1. The van der Waals surface area contributed by atoms with Gasteiger partial charge < -0.3 is 10.0 Å². The number of thioether (sulfide) groups is 1. The van der Waals surface area contributed by atoms with Crippen LogP contribution >= 0.6 is 11.8 Å². The fourth-order valence-electron chi connectivity index (χ4n) is 1.82. The predicted octanol–water partition coefficient (Wildman–Crippen LogP) is 1.89. The summed E-state index contributed by atoms with van der Waals surface area (Å²) in [5, 5.41) is 9.30. The number of rotatable bonds is 1. The molecule has 4 heteroatoms. The van der Waals surface area contributed by atoms with Gasteiger partial charge in [-0.1, -0.05) is 0 Å². The van der Waals surface area contributed by atoms with Gasteiger partial charge in [-0.25, -0.2) is 0 Å². The van der Waals surface area contributed by atoms with Crippen LogP contribution in [0.1, 0.15) is 15.9 Å². The van der Waals surface area contributed by atoms with Crippen LogP contribution in [0.4, 0.5) is 0 Å². The minimum Gasteiger partial charge on any atom is -0.508 e. The number of benzene rings is 1. The highest BCUT2D eigenvalue weighted by atomic mass is 32.2. The predicted molar refractivity (Wildman–Crippen MR) is 66.1 cm³/mol. The summed E-state index contributed by atoms with van der Waals surface area (Å²) in [5.41, 5.74) is 1.54. The molecule has 16 heavy (non-hydrogen) atoms. The molecule has 0 saturated carbocycles. The van der Waals surface area contributed by atoms with Crippen LogP contribution in [0.5, 0.6) is 5.75 Å². The zero-order valence-corrected chi connectivity index (χ0v) is 10.1. The largest absolute Gasteiger partial charge is 0.508 e. The normalized spacial score (nSPS) is 16.2. The number of phenolic OH excluding ortho intramolecular Hbond substituents is 1. The van der Waals surface area contributed by atoms with Gasteiger partial charge in [-0.05, 0) is 30.7 Å². The van der Waals surface area contributed by atoms with Gasteiger partial charge in [0.2, 0.25) is 0 Å². The van der Waals surface area contributed by atoms with Gasteiger partial charge in [-0.2, -0.15) is 11.8 Å². The lowest BCUT2D eigenvalue weighted by Crippen LogP contribution is -2.38. The molecule has 1 saturated heterocycles. The van der Waals surface area contributed by atoms with E-state index in [0.717, 1.165) is 30.2 Å². The van der Waals surface area contributed by atoms with E-state index in [2.05, 4.69) is 0 Å². The van der Waals surface area contributed by atoms with Gasteiger partial charge in [0.1, 0.15) is 5.75 Å². The maximum atomic E-state index is 12.2. The Bertz CT molecular complexity index is 400. The molecule has 1 N–H and O–H groups in total. The van der Waals surface area contributed by atoms with Crippen LogP contribution in [-0.2, 0) is 0 Å². The topological polar surface area (TPSA) is 40.5 Å². The quantitative estimate of drug-likeness (QED) is 0.811. The molecule has 0 radical (unpaired) electrons. The first-order chi connectivity index (χ1) is 7.68. The SMILES string of the molecule is Cc1cc(O)ccc1C(=O)N1CCSCC1. The van der Waals surface area contributed by atoms with Crippen LogP contribution in [0.3, 0.4) is 0 Å². The summed E-state index contributed by atoms with van der Waals surface area (Å²) in [6.07, 6.45) is 0. The smallest absolute Gasteiger partial charge is 0.254 e. The number of hydrogen-bond acceptors (Lipinski definition) is 3. The monoisotopic (exact) mass is 237 g/mol. The minimum atomic E-state index is 0.0813. The second kappa shape index (κ2) is 4.78. The van der Waals surface area contributed by atoms with Gasteiger partial charge in [-0.15, -0.1) is 0 Å².